The van der Waals surface area contributed by atoms with Gasteiger partial charge >= 0.3 is 0 Å². The first-order valence-electron chi connectivity index (χ1n) is 6.31. The Morgan fingerprint density at radius 1 is 1.35 bits per heavy atom. The summed E-state index contributed by atoms with van der Waals surface area (Å²) in [6, 6.07) is 2.20. The van der Waals surface area contributed by atoms with E-state index < -0.39 is 0 Å². The molecule has 4 nitrogen and oxygen atoms in total. The van der Waals surface area contributed by atoms with Gasteiger partial charge in [-0.2, -0.15) is 10.4 Å². The molecule has 0 atom stereocenters. The molecule has 0 spiro atoms. The minimum atomic E-state index is 0.454. The highest BCUT2D eigenvalue weighted by atomic mass is 15.3. The Labute approximate surface area is 104 Å². The molecule has 17 heavy (non-hydrogen) atoms. The van der Waals surface area contributed by atoms with Crippen LogP contribution in [0.25, 0.3) is 0 Å². The maximum absolute atomic E-state index is 8.79. The molecule has 0 aliphatic rings. The molecule has 0 N–H and O–H groups in total. The van der Waals surface area contributed by atoms with Crippen LogP contribution in [0.15, 0.2) is 6.20 Å². The Morgan fingerprint density at radius 3 is 2.53 bits per heavy atom. The van der Waals surface area contributed by atoms with Crippen LogP contribution in [0, 0.1) is 11.3 Å². The first-order chi connectivity index (χ1) is 8.21. The lowest BCUT2D eigenvalue weighted by Gasteiger charge is -2.20. The van der Waals surface area contributed by atoms with E-state index in [4.69, 9.17) is 5.26 Å². The molecule has 0 unspecified atom stereocenters. The Bertz CT molecular complexity index is 369. The molecule has 0 fully saturated rings. The fourth-order valence-corrected chi connectivity index (χ4v) is 2.06. The quantitative estimate of drug-likeness (QED) is 0.726. The molecule has 0 radical (unpaired) electrons. The second-order valence-electron chi connectivity index (χ2n) is 4.39. The molecule has 0 aliphatic heterocycles. The number of aromatic nitrogens is 2. The van der Waals surface area contributed by atoms with Gasteiger partial charge in [0.15, 0.2) is 0 Å². The lowest BCUT2D eigenvalue weighted by molar-refractivity contribution is 0.262. The Morgan fingerprint density at radius 2 is 2.00 bits per heavy atom. The molecule has 0 aliphatic carbocycles. The van der Waals surface area contributed by atoms with E-state index in [1.807, 2.05) is 13.2 Å². The Kier molecular flexibility index (Phi) is 5.71. The van der Waals surface area contributed by atoms with Crippen LogP contribution in [0.4, 0.5) is 0 Å². The summed E-state index contributed by atoms with van der Waals surface area (Å²) in [6.45, 7) is 7.43. The van der Waals surface area contributed by atoms with Gasteiger partial charge in [-0.15, -0.1) is 0 Å². The average molecular weight is 234 g/mol. The highest BCUT2D eigenvalue weighted by Gasteiger charge is 2.11. The van der Waals surface area contributed by atoms with Gasteiger partial charge in [0.25, 0.3) is 0 Å². The Balaban J connectivity index is 2.73. The van der Waals surface area contributed by atoms with Gasteiger partial charge in [0, 0.05) is 25.4 Å². The van der Waals surface area contributed by atoms with Crippen LogP contribution in [0.5, 0.6) is 0 Å². The largest absolute Gasteiger partial charge is 0.297 e. The fourth-order valence-electron chi connectivity index (χ4n) is 2.06. The lowest BCUT2D eigenvalue weighted by atomic mass is 10.2. The van der Waals surface area contributed by atoms with Crippen molar-refractivity contribution in [3.8, 4) is 6.07 Å². The highest BCUT2D eigenvalue weighted by Crippen LogP contribution is 2.11. The van der Waals surface area contributed by atoms with Gasteiger partial charge in [-0.25, -0.2) is 0 Å². The van der Waals surface area contributed by atoms with E-state index >= 15 is 0 Å². The molecule has 0 saturated heterocycles. The predicted octanol–water partition coefficient (Wildman–Crippen LogP) is 2.11. The number of hydrogen-bond acceptors (Lipinski definition) is 3. The number of hydrogen-bond donors (Lipinski definition) is 0. The summed E-state index contributed by atoms with van der Waals surface area (Å²) in [5.74, 6) is 0. The van der Waals surface area contributed by atoms with Gasteiger partial charge in [0.05, 0.1) is 18.2 Å². The van der Waals surface area contributed by atoms with E-state index in [9.17, 15) is 0 Å². The van der Waals surface area contributed by atoms with Crippen molar-refractivity contribution in [2.75, 3.05) is 13.1 Å². The molecular weight excluding hydrogens is 212 g/mol. The van der Waals surface area contributed by atoms with E-state index in [0.29, 0.717) is 6.42 Å². The molecular formula is C13H22N4. The van der Waals surface area contributed by atoms with Crippen LogP contribution < -0.4 is 0 Å². The second-order valence-corrected chi connectivity index (χ2v) is 4.39. The smallest absolute Gasteiger partial charge is 0.0807 e. The minimum absolute atomic E-state index is 0.454. The van der Waals surface area contributed by atoms with Crippen LogP contribution >= 0.6 is 0 Å². The molecule has 94 valence electrons. The monoisotopic (exact) mass is 234 g/mol. The summed E-state index contributed by atoms with van der Waals surface area (Å²) in [7, 11) is 1.91. The van der Waals surface area contributed by atoms with Gasteiger partial charge in [-0.05, 0) is 25.9 Å². The van der Waals surface area contributed by atoms with Crippen molar-refractivity contribution in [2.24, 2.45) is 7.05 Å². The van der Waals surface area contributed by atoms with Gasteiger partial charge in [0.1, 0.15) is 0 Å². The van der Waals surface area contributed by atoms with Crippen molar-refractivity contribution >= 4 is 0 Å². The van der Waals surface area contributed by atoms with Crippen molar-refractivity contribution in [3.63, 3.8) is 0 Å². The minimum Gasteiger partial charge on any atom is -0.297 e. The van der Waals surface area contributed by atoms with E-state index in [-0.39, 0.29) is 0 Å². The standard InChI is InChI=1S/C13H22N4/c1-4-8-17(9-5-2)11-13-12(6-7-14)10-16(3)15-13/h10H,4-6,8-9,11H2,1-3H3. The van der Waals surface area contributed by atoms with E-state index in [0.717, 1.165) is 43.7 Å². The molecule has 0 aromatic carbocycles. The molecule has 1 rings (SSSR count). The number of nitriles is 1. The number of nitrogens with zero attached hydrogens (tertiary/aromatic N) is 4. The summed E-state index contributed by atoms with van der Waals surface area (Å²) in [5.41, 5.74) is 2.11. The third kappa shape index (κ3) is 4.20. The molecule has 0 saturated carbocycles. The van der Waals surface area contributed by atoms with Crippen LogP contribution in [-0.2, 0) is 20.0 Å². The molecule has 0 amide bonds. The number of rotatable bonds is 7. The lowest BCUT2D eigenvalue weighted by Crippen LogP contribution is -2.25. The van der Waals surface area contributed by atoms with Crippen LogP contribution in [0.3, 0.4) is 0 Å². The van der Waals surface area contributed by atoms with Crippen molar-refractivity contribution in [1.29, 1.82) is 5.26 Å². The van der Waals surface area contributed by atoms with E-state index in [1.54, 1.807) is 4.68 Å². The van der Waals surface area contributed by atoms with Gasteiger partial charge < -0.3 is 0 Å². The van der Waals surface area contributed by atoms with Crippen molar-refractivity contribution < 1.29 is 0 Å². The maximum atomic E-state index is 8.79. The van der Waals surface area contributed by atoms with Crippen LogP contribution in [-0.4, -0.2) is 27.8 Å². The highest BCUT2D eigenvalue weighted by molar-refractivity contribution is 5.20. The zero-order chi connectivity index (χ0) is 12.7. The van der Waals surface area contributed by atoms with Gasteiger partial charge in [-0.3, -0.25) is 9.58 Å². The molecule has 1 aromatic rings. The van der Waals surface area contributed by atoms with Crippen molar-refractivity contribution in [2.45, 2.75) is 39.7 Å². The third-order valence-corrected chi connectivity index (χ3v) is 2.71. The summed E-state index contributed by atoms with van der Waals surface area (Å²) >= 11 is 0. The molecule has 1 heterocycles. The zero-order valence-corrected chi connectivity index (χ0v) is 11.1. The molecule has 0 bridgehead atoms. The summed E-state index contributed by atoms with van der Waals surface area (Å²) in [6.07, 6.45) is 4.71. The van der Waals surface area contributed by atoms with Crippen LogP contribution in [0.2, 0.25) is 0 Å². The zero-order valence-electron chi connectivity index (χ0n) is 11.1. The normalized spacial score (nSPS) is 10.8. The first kappa shape index (κ1) is 13.7. The van der Waals surface area contributed by atoms with Gasteiger partial charge in [0.2, 0.25) is 0 Å². The summed E-state index contributed by atoms with van der Waals surface area (Å²) in [4.78, 5) is 2.41. The van der Waals surface area contributed by atoms with E-state index in [1.165, 1.54) is 0 Å². The third-order valence-electron chi connectivity index (χ3n) is 2.71. The van der Waals surface area contributed by atoms with Gasteiger partial charge in [-0.1, -0.05) is 13.8 Å². The number of aryl methyl sites for hydroxylation is 1. The predicted molar refractivity (Wildman–Crippen MR) is 68.4 cm³/mol. The van der Waals surface area contributed by atoms with Crippen molar-refractivity contribution in [3.05, 3.63) is 17.5 Å². The second kappa shape index (κ2) is 7.08. The van der Waals surface area contributed by atoms with E-state index in [2.05, 4.69) is 29.9 Å². The summed E-state index contributed by atoms with van der Waals surface area (Å²) in [5, 5.41) is 13.3. The molecule has 4 heteroatoms. The SMILES string of the molecule is CCCN(CCC)Cc1nn(C)cc1CC#N. The maximum Gasteiger partial charge on any atom is 0.0807 e. The topological polar surface area (TPSA) is 44.9 Å². The summed E-state index contributed by atoms with van der Waals surface area (Å²) < 4.78 is 1.80. The average Bonchev–Trinajstić information content (AvgIpc) is 2.60. The van der Waals surface area contributed by atoms with Crippen molar-refractivity contribution in [1.82, 2.24) is 14.7 Å². The Hall–Kier alpha value is -1.34. The fraction of sp³-hybridized carbons (Fsp3) is 0.692. The van der Waals surface area contributed by atoms with Crippen LogP contribution in [0.1, 0.15) is 37.9 Å². The first-order valence-corrected chi connectivity index (χ1v) is 6.31. The molecule has 1 aromatic heterocycles.